The summed E-state index contributed by atoms with van der Waals surface area (Å²) in [4.78, 5) is 0. The summed E-state index contributed by atoms with van der Waals surface area (Å²) in [5.74, 6) is 0. The maximum Gasteiger partial charge on any atom is 0.160 e. The van der Waals surface area contributed by atoms with Crippen molar-refractivity contribution in [2.75, 3.05) is 4.43 Å². The van der Waals surface area contributed by atoms with E-state index in [1.165, 1.54) is 0 Å². The minimum absolute atomic E-state index is 0.387. The van der Waals surface area contributed by atoms with Crippen molar-refractivity contribution in [1.82, 2.24) is 0 Å². The van der Waals surface area contributed by atoms with Gasteiger partial charge in [-0.15, -0.1) is 0 Å². The second kappa shape index (κ2) is 2.87. The van der Waals surface area contributed by atoms with Crippen LogP contribution in [0.15, 0.2) is 0 Å². The summed E-state index contributed by atoms with van der Waals surface area (Å²) in [6, 6.07) is 0. The molecule has 0 spiro atoms. The zero-order valence-corrected chi connectivity index (χ0v) is 4.71. The first kappa shape index (κ1) is 5.65. The minimum atomic E-state index is -1.13. The van der Waals surface area contributed by atoms with Crippen LogP contribution in [0.5, 0.6) is 0 Å². The molecule has 2 N–H and O–H groups in total. The number of hydrogen-bond acceptors (Lipinski definition) is 2. The van der Waals surface area contributed by atoms with Crippen LogP contribution in [0.4, 0.5) is 0 Å². The summed E-state index contributed by atoms with van der Waals surface area (Å²) >= 11 is 1.88. The summed E-state index contributed by atoms with van der Waals surface area (Å²) in [5, 5.41) is 15.8. The predicted molar refractivity (Wildman–Crippen MR) is 27.1 cm³/mol. The molecule has 0 saturated carbocycles. The Kier molecular flexibility index (Phi) is 3.24. The summed E-state index contributed by atoms with van der Waals surface area (Å²) in [5.41, 5.74) is 0. The average molecular weight is 188 g/mol. The van der Waals surface area contributed by atoms with Gasteiger partial charge < -0.3 is 10.2 Å². The molecule has 0 aliphatic rings. The number of halogens is 1. The molecule has 0 rings (SSSR count). The summed E-state index contributed by atoms with van der Waals surface area (Å²) < 4.78 is 0.387. The Labute approximate surface area is 44.0 Å². The molecule has 0 aliphatic carbocycles. The van der Waals surface area contributed by atoms with Crippen molar-refractivity contribution < 1.29 is 10.2 Å². The fourth-order valence-corrected chi connectivity index (χ4v) is 0. The standard InChI is InChI=1S/C2H5IO2/c3-1-2(4)5/h2,4-5H,1H2. The fourth-order valence-electron chi connectivity index (χ4n) is 0. The van der Waals surface area contributed by atoms with E-state index in [1.807, 2.05) is 22.6 Å². The van der Waals surface area contributed by atoms with Gasteiger partial charge in [0, 0.05) is 0 Å². The van der Waals surface area contributed by atoms with Crippen LogP contribution >= 0.6 is 22.6 Å². The molecule has 0 amide bonds. The third kappa shape index (κ3) is 4.65. The summed E-state index contributed by atoms with van der Waals surface area (Å²) in [6.07, 6.45) is -1.13. The van der Waals surface area contributed by atoms with Crippen LogP contribution in [-0.4, -0.2) is 20.9 Å². The topological polar surface area (TPSA) is 40.5 Å². The van der Waals surface area contributed by atoms with Crippen molar-refractivity contribution in [3.8, 4) is 0 Å². The molecule has 0 aromatic heterocycles. The van der Waals surface area contributed by atoms with Crippen molar-refractivity contribution in [3.63, 3.8) is 0 Å². The van der Waals surface area contributed by atoms with Crippen LogP contribution in [0.2, 0.25) is 0 Å². The van der Waals surface area contributed by atoms with Crippen LogP contribution < -0.4 is 0 Å². The van der Waals surface area contributed by atoms with E-state index >= 15 is 0 Å². The van der Waals surface area contributed by atoms with Crippen molar-refractivity contribution in [1.29, 1.82) is 0 Å². The highest BCUT2D eigenvalue weighted by molar-refractivity contribution is 14.1. The largest absolute Gasteiger partial charge is 0.367 e. The van der Waals surface area contributed by atoms with E-state index in [1.54, 1.807) is 0 Å². The molecular weight excluding hydrogens is 183 g/mol. The maximum absolute atomic E-state index is 7.91. The quantitative estimate of drug-likeness (QED) is 0.338. The van der Waals surface area contributed by atoms with Gasteiger partial charge in [-0.1, -0.05) is 22.6 Å². The predicted octanol–water partition coefficient (Wildman–Crippen LogP) is -0.268. The molecule has 0 aliphatic heterocycles. The van der Waals surface area contributed by atoms with Gasteiger partial charge in [-0.05, 0) is 0 Å². The van der Waals surface area contributed by atoms with Crippen LogP contribution in [0.3, 0.4) is 0 Å². The Hall–Kier alpha value is 0.650. The zero-order valence-electron chi connectivity index (χ0n) is 2.56. The number of aliphatic hydroxyl groups is 2. The lowest BCUT2D eigenvalue weighted by atomic mass is 10.8. The van der Waals surface area contributed by atoms with Crippen molar-refractivity contribution in [3.05, 3.63) is 0 Å². The Morgan fingerprint density at radius 3 is 1.80 bits per heavy atom. The summed E-state index contributed by atoms with van der Waals surface area (Å²) in [6.45, 7) is 0. The van der Waals surface area contributed by atoms with E-state index in [0.717, 1.165) is 0 Å². The lowest BCUT2D eigenvalue weighted by molar-refractivity contribution is -0.0162. The fraction of sp³-hybridized carbons (Fsp3) is 1.00. The van der Waals surface area contributed by atoms with Gasteiger partial charge >= 0.3 is 0 Å². The zero-order chi connectivity index (χ0) is 4.28. The minimum Gasteiger partial charge on any atom is -0.367 e. The SMILES string of the molecule is OC(O)CI. The van der Waals surface area contributed by atoms with E-state index in [0.29, 0.717) is 4.43 Å². The molecular formula is C2H5IO2. The lowest BCUT2D eigenvalue weighted by Crippen LogP contribution is -2.03. The molecule has 0 fully saturated rings. The molecule has 0 aromatic rings. The van der Waals surface area contributed by atoms with Crippen LogP contribution in [-0.2, 0) is 0 Å². The molecule has 3 heteroatoms. The van der Waals surface area contributed by atoms with E-state index in [9.17, 15) is 0 Å². The van der Waals surface area contributed by atoms with Crippen molar-refractivity contribution in [2.45, 2.75) is 6.29 Å². The van der Waals surface area contributed by atoms with Gasteiger partial charge in [-0.3, -0.25) is 0 Å². The average Bonchev–Trinajstić information content (AvgIpc) is 1.38. The van der Waals surface area contributed by atoms with Crippen LogP contribution in [0.1, 0.15) is 0 Å². The van der Waals surface area contributed by atoms with Gasteiger partial charge in [0.2, 0.25) is 0 Å². The monoisotopic (exact) mass is 188 g/mol. The number of alkyl halides is 1. The second-order valence-electron chi connectivity index (χ2n) is 0.635. The second-order valence-corrected chi connectivity index (χ2v) is 1.52. The highest BCUT2D eigenvalue weighted by atomic mass is 127. The molecule has 0 bridgehead atoms. The molecule has 0 aromatic carbocycles. The molecule has 0 atom stereocenters. The third-order valence-electron chi connectivity index (χ3n) is 0.138. The van der Waals surface area contributed by atoms with Gasteiger partial charge in [0.05, 0.1) is 4.43 Å². The Morgan fingerprint density at radius 2 is 1.80 bits per heavy atom. The molecule has 32 valence electrons. The normalized spacial score (nSPS) is 9.60. The van der Waals surface area contributed by atoms with Crippen LogP contribution in [0, 0.1) is 0 Å². The maximum atomic E-state index is 7.91. The lowest BCUT2D eigenvalue weighted by Gasteiger charge is -1.88. The van der Waals surface area contributed by atoms with Gasteiger partial charge in [-0.25, -0.2) is 0 Å². The molecule has 0 unspecified atom stereocenters. The molecule has 0 saturated heterocycles. The van der Waals surface area contributed by atoms with E-state index in [4.69, 9.17) is 10.2 Å². The molecule has 0 radical (unpaired) electrons. The molecule has 5 heavy (non-hydrogen) atoms. The summed E-state index contributed by atoms with van der Waals surface area (Å²) in [7, 11) is 0. The number of hydrogen-bond donors (Lipinski definition) is 2. The Bertz CT molecular complexity index is 21.6. The molecule has 0 heterocycles. The Balaban J connectivity index is 2.54. The molecule has 2 nitrogen and oxygen atoms in total. The van der Waals surface area contributed by atoms with E-state index in [2.05, 4.69) is 0 Å². The first-order chi connectivity index (χ1) is 2.27. The van der Waals surface area contributed by atoms with E-state index < -0.39 is 6.29 Å². The number of rotatable bonds is 1. The van der Waals surface area contributed by atoms with Gasteiger partial charge in [0.25, 0.3) is 0 Å². The Morgan fingerprint density at radius 1 is 1.60 bits per heavy atom. The first-order valence-electron chi connectivity index (χ1n) is 1.19. The smallest absolute Gasteiger partial charge is 0.160 e. The van der Waals surface area contributed by atoms with Crippen molar-refractivity contribution >= 4 is 22.6 Å². The van der Waals surface area contributed by atoms with Gasteiger partial charge in [0.1, 0.15) is 0 Å². The first-order valence-corrected chi connectivity index (χ1v) is 2.72. The highest BCUT2D eigenvalue weighted by Gasteiger charge is 1.85. The third-order valence-corrected chi connectivity index (χ3v) is 0.926. The number of aliphatic hydroxyl groups excluding tert-OH is 1. The van der Waals surface area contributed by atoms with Gasteiger partial charge in [0.15, 0.2) is 6.29 Å². The van der Waals surface area contributed by atoms with Crippen molar-refractivity contribution in [2.24, 2.45) is 0 Å². The van der Waals surface area contributed by atoms with Crippen LogP contribution in [0.25, 0.3) is 0 Å². The highest BCUT2D eigenvalue weighted by Crippen LogP contribution is 1.81. The van der Waals surface area contributed by atoms with E-state index in [-0.39, 0.29) is 0 Å². The van der Waals surface area contributed by atoms with Gasteiger partial charge in [-0.2, -0.15) is 0 Å².